The molecule has 22 heavy (non-hydrogen) atoms. The SMILES string of the molecule is CCc1cccc2c(F)ccc(B3OC(C)(C)C(C)(C)O3)c12. The molecule has 3 rings (SSSR count). The minimum atomic E-state index is -0.471. The lowest BCUT2D eigenvalue weighted by atomic mass is 9.74. The molecule has 1 aliphatic heterocycles. The minimum absolute atomic E-state index is 0.203. The first kappa shape index (κ1) is 15.5. The average Bonchev–Trinajstić information content (AvgIpc) is 2.67. The van der Waals surface area contributed by atoms with Crippen molar-refractivity contribution in [2.75, 3.05) is 0 Å². The van der Waals surface area contributed by atoms with Gasteiger partial charge in [-0.05, 0) is 56.6 Å². The highest BCUT2D eigenvalue weighted by Gasteiger charge is 2.52. The van der Waals surface area contributed by atoms with E-state index in [4.69, 9.17) is 9.31 Å². The Morgan fingerprint density at radius 3 is 2.23 bits per heavy atom. The molecule has 1 fully saturated rings. The van der Waals surface area contributed by atoms with Gasteiger partial charge in [-0.1, -0.05) is 31.2 Å². The highest BCUT2D eigenvalue weighted by Crippen LogP contribution is 2.37. The van der Waals surface area contributed by atoms with Crippen molar-refractivity contribution in [3.05, 3.63) is 41.7 Å². The van der Waals surface area contributed by atoms with Crippen LogP contribution in [0.1, 0.15) is 40.2 Å². The molecule has 116 valence electrons. The zero-order valence-electron chi connectivity index (χ0n) is 13.9. The van der Waals surface area contributed by atoms with Gasteiger partial charge < -0.3 is 9.31 Å². The van der Waals surface area contributed by atoms with Crippen LogP contribution < -0.4 is 5.46 Å². The van der Waals surface area contributed by atoms with E-state index in [0.717, 1.165) is 22.8 Å². The van der Waals surface area contributed by atoms with Crippen LogP contribution in [-0.4, -0.2) is 18.3 Å². The maximum Gasteiger partial charge on any atom is 0.495 e. The average molecular weight is 300 g/mol. The van der Waals surface area contributed by atoms with Crippen molar-refractivity contribution in [1.29, 1.82) is 0 Å². The number of aryl methyl sites for hydroxylation is 1. The molecular weight excluding hydrogens is 278 g/mol. The number of benzene rings is 2. The predicted molar refractivity (Wildman–Crippen MR) is 89.0 cm³/mol. The third kappa shape index (κ3) is 2.25. The summed E-state index contributed by atoms with van der Waals surface area (Å²) in [5.41, 5.74) is 1.22. The van der Waals surface area contributed by atoms with E-state index in [1.807, 2.05) is 45.9 Å². The van der Waals surface area contributed by atoms with Crippen LogP contribution in [0.2, 0.25) is 0 Å². The molecule has 0 aliphatic carbocycles. The maximum atomic E-state index is 14.2. The van der Waals surface area contributed by atoms with Crippen LogP contribution in [0.25, 0.3) is 10.8 Å². The zero-order valence-corrected chi connectivity index (χ0v) is 13.9. The van der Waals surface area contributed by atoms with Crippen LogP contribution >= 0.6 is 0 Å². The first-order chi connectivity index (χ1) is 10.3. The summed E-state index contributed by atoms with van der Waals surface area (Å²) in [6, 6.07) is 9.05. The second-order valence-electron chi connectivity index (χ2n) is 6.92. The van der Waals surface area contributed by atoms with Crippen molar-refractivity contribution in [2.24, 2.45) is 0 Å². The monoisotopic (exact) mass is 300 g/mol. The Balaban J connectivity index is 2.19. The topological polar surface area (TPSA) is 18.5 Å². The number of halogens is 1. The molecule has 0 amide bonds. The fourth-order valence-corrected chi connectivity index (χ4v) is 2.94. The van der Waals surface area contributed by atoms with E-state index in [-0.39, 0.29) is 5.82 Å². The Morgan fingerprint density at radius 2 is 1.64 bits per heavy atom. The van der Waals surface area contributed by atoms with Crippen molar-refractivity contribution in [3.63, 3.8) is 0 Å². The first-order valence-electron chi connectivity index (χ1n) is 7.82. The normalized spacial score (nSPS) is 19.8. The molecule has 2 aromatic carbocycles. The van der Waals surface area contributed by atoms with Crippen LogP contribution in [0.3, 0.4) is 0 Å². The Bertz CT molecular complexity index is 708. The molecule has 0 radical (unpaired) electrons. The summed E-state index contributed by atoms with van der Waals surface area (Å²) in [4.78, 5) is 0. The molecule has 0 aromatic heterocycles. The number of hydrogen-bond donors (Lipinski definition) is 0. The Morgan fingerprint density at radius 1 is 1.00 bits per heavy atom. The third-order valence-corrected chi connectivity index (χ3v) is 4.99. The molecule has 0 atom stereocenters. The van der Waals surface area contributed by atoms with Gasteiger partial charge in [0, 0.05) is 5.39 Å². The zero-order chi connectivity index (χ0) is 16.1. The van der Waals surface area contributed by atoms with Gasteiger partial charge in [0.1, 0.15) is 5.82 Å². The van der Waals surface area contributed by atoms with E-state index < -0.39 is 18.3 Å². The largest absolute Gasteiger partial charge is 0.495 e. The molecule has 1 aliphatic rings. The molecule has 0 N–H and O–H groups in total. The minimum Gasteiger partial charge on any atom is -0.399 e. The summed E-state index contributed by atoms with van der Waals surface area (Å²) < 4.78 is 26.5. The molecular formula is C18H22BFO2. The van der Waals surface area contributed by atoms with Gasteiger partial charge in [-0.2, -0.15) is 0 Å². The molecule has 1 saturated heterocycles. The lowest BCUT2D eigenvalue weighted by Crippen LogP contribution is -2.41. The molecule has 0 bridgehead atoms. The molecule has 4 heteroatoms. The molecule has 0 unspecified atom stereocenters. The van der Waals surface area contributed by atoms with Gasteiger partial charge in [0.15, 0.2) is 0 Å². The van der Waals surface area contributed by atoms with Gasteiger partial charge in [0.05, 0.1) is 11.2 Å². The number of hydrogen-bond acceptors (Lipinski definition) is 2. The maximum absolute atomic E-state index is 14.2. The van der Waals surface area contributed by atoms with Crippen LogP contribution in [-0.2, 0) is 15.7 Å². The lowest BCUT2D eigenvalue weighted by molar-refractivity contribution is 0.00578. The summed E-state index contributed by atoms with van der Waals surface area (Å²) in [6.45, 7) is 10.2. The highest BCUT2D eigenvalue weighted by molar-refractivity contribution is 6.65. The van der Waals surface area contributed by atoms with Crippen LogP contribution in [0.4, 0.5) is 4.39 Å². The van der Waals surface area contributed by atoms with Gasteiger partial charge in [-0.25, -0.2) is 4.39 Å². The first-order valence-corrected chi connectivity index (χ1v) is 7.82. The Kier molecular flexibility index (Phi) is 3.57. The van der Waals surface area contributed by atoms with E-state index in [1.54, 1.807) is 6.07 Å². The molecule has 2 nitrogen and oxygen atoms in total. The fraction of sp³-hybridized carbons (Fsp3) is 0.444. The van der Waals surface area contributed by atoms with Crippen molar-refractivity contribution < 1.29 is 13.7 Å². The van der Waals surface area contributed by atoms with E-state index in [2.05, 4.69) is 6.92 Å². The van der Waals surface area contributed by atoms with Gasteiger partial charge in [-0.3, -0.25) is 0 Å². The van der Waals surface area contributed by atoms with Crippen molar-refractivity contribution in [1.82, 2.24) is 0 Å². The van der Waals surface area contributed by atoms with Crippen molar-refractivity contribution in [3.8, 4) is 0 Å². The predicted octanol–water partition coefficient (Wildman–Crippen LogP) is 3.84. The van der Waals surface area contributed by atoms with E-state index in [1.165, 1.54) is 6.07 Å². The smallest absolute Gasteiger partial charge is 0.399 e. The summed E-state index contributed by atoms with van der Waals surface area (Å²) in [7, 11) is -0.471. The van der Waals surface area contributed by atoms with Gasteiger partial charge in [0.25, 0.3) is 0 Å². The number of fused-ring (bicyclic) bond motifs is 1. The molecule has 1 heterocycles. The van der Waals surface area contributed by atoms with E-state index in [0.29, 0.717) is 5.39 Å². The molecule has 2 aromatic rings. The Hall–Kier alpha value is -1.39. The summed E-state index contributed by atoms with van der Waals surface area (Å²) in [5, 5.41) is 1.55. The standard InChI is InChI=1S/C18H22BFO2/c1-6-12-8-7-9-13-15(20)11-10-14(16(12)13)19-21-17(2,3)18(4,5)22-19/h7-11H,6H2,1-5H3. The lowest BCUT2D eigenvalue weighted by Gasteiger charge is -2.32. The fourth-order valence-electron chi connectivity index (χ4n) is 2.94. The second kappa shape index (κ2) is 5.07. The molecule has 0 saturated carbocycles. The molecule has 0 spiro atoms. The number of rotatable bonds is 2. The van der Waals surface area contributed by atoms with E-state index >= 15 is 0 Å². The Labute approximate surface area is 131 Å². The van der Waals surface area contributed by atoms with Crippen molar-refractivity contribution >= 4 is 23.4 Å². The van der Waals surface area contributed by atoms with Crippen molar-refractivity contribution in [2.45, 2.75) is 52.2 Å². The van der Waals surface area contributed by atoms with Gasteiger partial charge in [-0.15, -0.1) is 0 Å². The van der Waals surface area contributed by atoms with Gasteiger partial charge in [0.2, 0.25) is 0 Å². The van der Waals surface area contributed by atoms with Crippen LogP contribution in [0.15, 0.2) is 30.3 Å². The third-order valence-electron chi connectivity index (χ3n) is 4.99. The summed E-state index contributed by atoms with van der Waals surface area (Å²) >= 11 is 0. The van der Waals surface area contributed by atoms with Crippen LogP contribution in [0, 0.1) is 5.82 Å². The second-order valence-corrected chi connectivity index (χ2v) is 6.92. The summed E-state index contributed by atoms with van der Waals surface area (Å²) in [6.07, 6.45) is 0.841. The quantitative estimate of drug-likeness (QED) is 0.785. The van der Waals surface area contributed by atoms with Crippen LogP contribution in [0.5, 0.6) is 0 Å². The van der Waals surface area contributed by atoms with E-state index in [9.17, 15) is 4.39 Å². The summed E-state index contributed by atoms with van der Waals surface area (Å²) in [5.74, 6) is -0.203. The van der Waals surface area contributed by atoms with Gasteiger partial charge >= 0.3 is 7.12 Å². The highest BCUT2D eigenvalue weighted by atomic mass is 19.1.